The van der Waals surface area contributed by atoms with Crippen LogP contribution in [-0.2, 0) is 17.3 Å². The Labute approximate surface area is 118 Å². The van der Waals surface area contributed by atoms with E-state index >= 15 is 0 Å². The smallest absolute Gasteiger partial charge is 0.417 e. The van der Waals surface area contributed by atoms with Crippen LogP contribution in [0.3, 0.4) is 0 Å². The van der Waals surface area contributed by atoms with Crippen molar-refractivity contribution in [3.05, 3.63) is 34.9 Å². The zero-order chi connectivity index (χ0) is 14.5. The summed E-state index contributed by atoms with van der Waals surface area (Å²) in [6.45, 7) is 1.60. The van der Waals surface area contributed by atoms with Crippen LogP contribution in [0.4, 0.5) is 13.2 Å². The maximum Gasteiger partial charge on any atom is 0.417 e. The van der Waals surface area contributed by atoms with E-state index in [1.165, 1.54) is 12.1 Å². The van der Waals surface area contributed by atoms with Gasteiger partial charge in [0.1, 0.15) is 0 Å². The number of alkyl halides is 4. The third-order valence-electron chi connectivity index (χ3n) is 2.48. The predicted octanol–water partition coefficient (Wildman–Crippen LogP) is 4.21. The molecule has 6 heteroatoms. The minimum absolute atomic E-state index is 0.0434. The highest BCUT2D eigenvalue weighted by Gasteiger charge is 2.35. The lowest BCUT2D eigenvalue weighted by Crippen LogP contribution is -2.15. The van der Waals surface area contributed by atoms with E-state index in [4.69, 9.17) is 0 Å². The highest BCUT2D eigenvalue weighted by atomic mass is 79.9. The first kappa shape index (κ1) is 16.0. The van der Waals surface area contributed by atoms with E-state index < -0.39 is 23.3 Å². The molecule has 0 aromatic heterocycles. The molecule has 1 aromatic carbocycles. The molecular weight excluding hydrogens is 325 g/mol. The van der Waals surface area contributed by atoms with Crippen LogP contribution in [0, 0.1) is 0 Å². The molecule has 0 atom stereocenters. The van der Waals surface area contributed by atoms with Gasteiger partial charge in [0.15, 0.2) is 0 Å². The van der Waals surface area contributed by atoms with Crippen molar-refractivity contribution in [3.63, 3.8) is 0 Å². The van der Waals surface area contributed by atoms with Gasteiger partial charge < -0.3 is 4.74 Å². The number of halogens is 4. The number of ether oxygens (including phenoxy) is 1. The Kier molecular flexibility index (Phi) is 5.85. The largest absolute Gasteiger partial charge is 0.462 e. The zero-order valence-corrected chi connectivity index (χ0v) is 12.0. The van der Waals surface area contributed by atoms with Crippen molar-refractivity contribution in [3.8, 4) is 0 Å². The van der Waals surface area contributed by atoms with E-state index in [9.17, 15) is 18.0 Å². The normalized spacial score (nSPS) is 11.4. The quantitative estimate of drug-likeness (QED) is 0.593. The Morgan fingerprint density at radius 1 is 1.37 bits per heavy atom. The predicted molar refractivity (Wildman–Crippen MR) is 69.5 cm³/mol. The van der Waals surface area contributed by atoms with Gasteiger partial charge in [-0.15, -0.1) is 0 Å². The molecule has 0 N–H and O–H groups in total. The minimum atomic E-state index is -4.56. The monoisotopic (exact) mass is 338 g/mol. The second-order valence-corrected chi connectivity index (χ2v) is 4.68. The molecule has 0 heterocycles. The first-order valence-corrected chi connectivity index (χ1v) is 6.95. The molecule has 0 amide bonds. The maximum atomic E-state index is 12.8. The molecule has 1 rings (SSSR count). The standard InChI is InChI=1S/C13H14BrF3O2/c1-2-19-12(18)10-8-9(4-3-7-14)5-6-11(10)13(15,16)17/h5-6,8H,2-4,7H2,1H3. The maximum absolute atomic E-state index is 12.8. The number of carbonyl (C=O) groups is 1. The van der Waals surface area contributed by atoms with Gasteiger partial charge in [0.2, 0.25) is 0 Å². The zero-order valence-electron chi connectivity index (χ0n) is 10.4. The molecule has 1 aromatic rings. The van der Waals surface area contributed by atoms with Gasteiger partial charge in [-0.25, -0.2) is 4.79 Å². The van der Waals surface area contributed by atoms with Gasteiger partial charge >= 0.3 is 12.1 Å². The van der Waals surface area contributed by atoms with Gasteiger partial charge in [-0.05, 0) is 37.5 Å². The molecule has 0 spiro atoms. The molecule has 0 aliphatic carbocycles. The lowest BCUT2D eigenvalue weighted by atomic mass is 10.0. The fraction of sp³-hybridized carbons (Fsp3) is 0.462. The van der Waals surface area contributed by atoms with Crippen LogP contribution in [0.5, 0.6) is 0 Å². The number of rotatable bonds is 5. The number of esters is 1. The number of hydrogen-bond acceptors (Lipinski definition) is 2. The van der Waals surface area contributed by atoms with Gasteiger partial charge in [-0.1, -0.05) is 22.0 Å². The van der Waals surface area contributed by atoms with Gasteiger partial charge in [0, 0.05) is 5.33 Å². The van der Waals surface area contributed by atoms with Gasteiger partial charge in [0.25, 0.3) is 0 Å². The topological polar surface area (TPSA) is 26.3 Å². The average molecular weight is 339 g/mol. The van der Waals surface area contributed by atoms with Crippen molar-refractivity contribution in [2.45, 2.75) is 25.9 Å². The number of benzene rings is 1. The van der Waals surface area contributed by atoms with Crippen LogP contribution in [0.2, 0.25) is 0 Å². The van der Waals surface area contributed by atoms with Crippen molar-refractivity contribution in [2.75, 3.05) is 11.9 Å². The number of hydrogen-bond donors (Lipinski definition) is 0. The third-order valence-corrected chi connectivity index (χ3v) is 3.04. The summed E-state index contributed by atoms with van der Waals surface area (Å²) in [5, 5.41) is 0.753. The van der Waals surface area contributed by atoms with Crippen molar-refractivity contribution in [1.29, 1.82) is 0 Å². The Bertz CT molecular complexity index is 444. The molecule has 19 heavy (non-hydrogen) atoms. The summed E-state index contributed by atoms with van der Waals surface area (Å²) < 4.78 is 43.1. The summed E-state index contributed by atoms with van der Waals surface area (Å²) in [6.07, 6.45) is -3.17. The fourth-order valence-electron chi connectivity index (χ4n) is 1.64. The summed E-state index contributed by atoms with van der Waals surface area (Å²) in [4.78, 5) is 11.6. The molecule has 0 saturated carbocycles. The van der Waals surface area contributed by atoms with E-state index in [2.05, 4.69) is 20.7 Å². The Balaban J connectivity index is 3.15. The molecule has 0 radical (unpaired) electrons. The molecule has 0 bridgehead atoms. The SMILES string of the molecule is CCOC(=O)c1cc(CCCBr)ccc1C(F)(F)F. The van der Waals surface area contributed by atoms with Crippen LogP contribution in [0.15, 0.2) is 18.2 Å². The van der Waals surface area contributed by atoms with Gasteiger partial charge in [-0.3, -0.25) is 0 Å². The number of aryl methyl sites for hydroxylation is 1. The van der Waals surface area contributed by atoms with Crippen molar-refractivity contribution < 1.29 is 22.7 Å². The molecule has 2 nitrogen and oxygen atoms in total. The molecular formula is C13H14BrF3O2. The highest BCUT2D eigenvalue weighted by molar-refractivity contribution is 9.09. The first-order valence-electron chi connectivity index (χ1n) is 5.83. The molecule has 0 saturated heterocycles. The minimum Gasteiger partial charge on any atom is -0.462 e. The van der Waals surface area contributed by atoms with E-state index in [0.717, 1.165) is 17.8 Å². The lowest BCUT2D eigenvalue weighted by molar-refractivity contribution is -0.138. The van der Waals surface area contributed by atoms with Crippen LogP contribution in [0.1, 0.15) is 34.8 Å². The Hall–Kier alpha value is -1.04. The fourth-order valence-corrected chi connectivity index (χ4v) is 1.92. The van der Waals surface area contributed by atoms with Crippen LogP contribution < -0.4 is 0 Å². The Morgan fingerprint density at radius 3 is 2.58 bits per heavy atom. The van der Waals surface area contributed by atoms with Crippen molar-refractivity contribution in [1.82, 2.24) is 0 Å². The van der Waals surface area contributed by atoms with E-state index in [-0.39, 0.29) is 6.61 Å². The first-order chi connectivity index (χ1) is 8.90. The van der Waals surface area contributed by atoms with Gasteiger partial charge in [-0.2, -0.15) is 13.2 Å². The van der Waals surface area contributed by atoms with Crippen molar-refractivity contribution >= 4 is 21.9 Å². The van der Waals surface area contributed by atoms with E-state index in [1.807, 2.05) is 0 Å². The van der Waals surface area contributed by atoms with Crippen molar-refractivity contribution in [2.24, 2.45) is 0 Å². The Morgan fingerprint density at radius 2 is 2.05 bits per heavy atom. The summed E-state index contributed by atoms with van der Waals surface area (Å²) in [7, 11) is 0. The van der Waals surface area contributed by atoms with E-state index in [1.54, 1.807) is 6.92 Å². The average Bonchev–Trinajstić information content (AvgIpc) is 2.35. The summed E-state index contributed by atoms with van der Waals surface area (Å²) >= 11 is 3.25. The highest BCUT2D eigenvalue weighted by Crippen LogP contribution is 2.33. The van der Waals surface area contributed by atoms with Gasteiger partial charge in [0.05, 0.1) is 17.7 Å². The molecule has 106 valence electrons. The third kappa shape index (κ3) is 4.53. The van der Waals surface area contributed by atoms with Crippen LogP contribution in [-0.4, -0.2) is 17.9 Å². The second kappa shape index (κ2) is 6.93. The lowest BCUT2D eigenvalue weighted by Gasteiger charge is -2.13. The molecule has 0 unspecified atom stereocenters. The van der Waals surface area contributed by atoms with E-state index in [0.29, 0.717) is 12.0 Å². The summed E-state index contributed by atoms with van der Waals surface area (Å²) in [6, 6.07) is 3.60. The summed E-state index contributed by atoms with van der Waals surface area (Å²) in [5.41, 5.74) is -0.675. The molecule has 0 fully saturated rings. The molecule has 0 aliphatic heterocycles. The number of carbonyl (C=O) groups excluding carboxylic acids is 1. The van der Waals surface area contributed by atoms with Crippen LogP contribution >= 0.6 is 15.9 Å². The summed E-state index contributed by atoms with van der Waals surface area (Å²) in [5.74, 6) is -0.935. The van der Waals surface area contributed by atoms with Crippen LogP contribution in [0.25, 0.3) is 0 Å². The second-order valence-electron chi connectivity index (χ2n) is 3.89. The molecule has 0 aliphatic rings.